The van der Waals surface area contributed by atoms with Gasteiger partial charge in [-0.3, -0.25) is 4.79 Å². The van der Waals surface area contributed by atoms with Gasteiger partial charge in [0, 0.05) is 30.9 Å². The molecule has 0 bridgehead atoms. The Balaban J connectivity index is 1.65. The van der Waals surface area contributed by atoms with Crippen LogP contribution in [0, 0.1) is 18.6 Å². The molecule has 0 saturated carbocycles. The van der Waals surface area contributed by atoms with Crippen LogP contribution >= 0.6 is 0 Å². The Morgan fingerprint density at radius 2 is 2.22 bits per heavy atom. The van der Waals surface area contributed by atoms with Crippen LogP contribution in [-0.4, -0.2) is 33.9 Å². The van der Waals surface area contributed by atoms with Crippen LogP contribution in [-0.2, 0) is 11.2 Å². The number of H-pyrrole nitrogens is 1. The van der Waals surface area contributed by atoms with Gasteiger partial charge in [-0.05, 0) is 37.5 Å². The van der Waals surface area contributed by atoms with Gasteiger partial charge in [0.15, 0.2) is 11.6 Å². The summed E-state index contributed by atoms with van der Waals surface area (Å²) in [4.78, 5) is 21.8. The molecule has 0 spiro atoms. The fourth-order valence-corrected chi connectivity index (χ4v) is 3.00. The number of imidazole rings is 1. The zero-order chi connectivity index (χ0) is 16.4. The van der Waals surface area contributed by atoms with E-state index in [4.69, 9.17) is 0 Å². The lowest BCUT2D eigenvalue weighted by Gasteiger charge is -2.32. The average molecular weight is 319 g/mol. The van der Waals surface area contributed by atoms with Crippen LogP contribution in [0.4, 0.5) is 8.78 Å². The Bertz CT molecular complexity index is 714. The first kappa shape index (κ1) is 15.6. The molecule has 0 unspecified atom stereocenters. The van der Waals surface area contributed by atoms with Gasteiger partial charge in [-0.25, -0.2) is 13.8 Å². The molecule has 6 heteroatoms. The second-order valence-corrected chi connectivity index (χ2v) is 6.06. The highest BCUT2D eigenvalue weighted by molar-refractivity contribution is 5.79. The number of likely N-dealkylation sites (tertiary alicyclic amines) is 1. The van der Waals surface area contributed by atoms with E-state index >= 15 is 0 Å². The molecule has 3 rings (SSSR count). The smallest absolute Gasteiger partial charge is 0.227 e. The minimum absolute atomic E-state index is 0.0658. The number of aryl methyl sites for hydroxylation is 1. The van der Waals surface area contributed by atoms with Crippen LogP contribution < -0.4 is 0 Å². The van der Waals surface area contributed by atoms with Crippen LogP contribution in [0.25, 0.3) is 0 Å². The number of piperidine rings is 1. The van der Waals surface area contributed by atoms with Crippen LogP contribution in [0.1, 0.15) is 35.8 Å². The van der Waals surface area contributed by atoms with Gasteiger partial charge in [-0.15, -0.1) is 0 Å². The Labute approximate surface area is 133 Å². The molecule has 23 heavy (non-hydrogen) atoms. The molecule has 1 fully saturated rings. The van der Waals surface area contributed by atoms with Crippen molar-refractivity contribution >= 4 is 5.91 Å². The summed E-state index contributed by atoms with van der Waals surface area (Å²) in [5, 5.41) is 0. The third-order valence-electron chi connectivity index (χ3n) is 4.22. The highest BCUT2D eigenvalue weighted by Crippen LogP contribution is 2.25. The van der Waals surface area contributed by atoms with Crippen molar-refractivity contribution < 1.29 is 13.6 Å². The summed E-state index contributed by atoms with van der Waals surface area (Å²) in [6.07, 6.45) is 3.77. The fraction of sp³-hybridized carbons (Fsp3) is 0.412. The monoisotopic (exact) mass is 319 g/mol. The number of aromatic nitrogens is 2. The van der Waals surface area contributed by atoms with Crippen molar-refractivity contribution in [2.75, 3.05) is 13.1 Å². The lowest BCUT2D eigenvalue weighted by molar-refractivity contribution is -0.131. The summed E-state index contributed by atoms with van der Waals surface area (Å²) in [6, 6.07) is 3.60. The first-order valence-corrected chi connectivity index (χ1v) is 7.76. The van der Waals surface area contributed by atoms with Crippen molar-refractivity contribution in [1.82, 2.24) is 14.9 Å². The molecule has 122 valence electrons. The maximum atomic E-state index is 13.2. The molecule has 1 aromatic heterocycles. The largest absolute Gasteiger partial charge is 0.346 e. The SMILES string of the molecule is Cc1cnc([C@@H]2CCCN(C(=O)Cc3ccc(F)c(F)c3)C2)[nH]1. The van der Waals surface area contributed by atoms with E-state index in [0.717, 1.165) is 36.5 Å². The number of hydrogen-bond donors (Lipinski definition) is 1. The number of halogens is 2. The van der Waals surface area contributed by atoms with Gasteiger partial charge >= 0.3 is 0 Å². The summed E-state index contributed by atoms with van der Waals surface area (Å²) < 4.78 is 26.2. The predicted octanol–water partition coefficient (Wildman–Crippen LogP) is 2.95. The number of benzene rings is 1. The van der Waals surface area contributed by atoms with Crippen LogP contribution in [0.3, 0.4) is 0 Å². The summed E-state index contributed by atoms with van der Waals surface area (Å²) >= 11 is 0. The van der Waals surface area contributed by atoms with E-state index in [9.17, 15) is 13.6 Å². The van der Waals surface area contributed by atoms with Crippen molar-refractivity contribution in [3.63, 3.8) is 0 Å². The molecule has 4 nitrogen and oxygen atoms in total. The number of nitrogens with zero attached hydrogens (tertiary/aromatic N) is 2. The van der Waals surface area contributed by atoms with Gasteiger partial charge < -0.3 is 9.88 Å². The highest BCUT2D eigenvalue weighted by atomic mass is 19.2. The molecule has 1 saturated heterocycles. The lowest BCUT2D eigenvalue weighted by Crippen LogP contribution is -2.40. The van der Waals surface area contributed by atoms with Crippen molar-refractivity contribution in [2.24, 2.45) is 0 Å². The van der Waals surface area contributed by atoms with Gasteiger partial charge in [0.25, 0.3) is 0 Å². The molecule has 2 aromatic rings. The van der Waals surface area contributed by atoms with Crippen molar-refractivity contribution in [3.05, 3.63) is 53.1 Å². The normalized spacial score (nSPS) is 18.2. The summed E-state index contributed by atoms with van der Waals surface area (Å²) in [6.45, 7) is 3.25. The van der Waals surface area contributed by atoms with Crippen LogP contribution in [0.2, 0.25) is 0 Å². The number of carbonyl (C=O) groups is 1. The van der Waals surface area contributed by atoms with Gasteiger partial charge in [0.2, 0.25) is 5.91 Å². The predicted molar refractivity (Wildman–Crippen MR) is 81.9 cm³/mol. The van der Waals surface area contributed by atoms with E-state index in [-0.39, 0.29) is 18.2 Å². The Morgan fingerprint density at radius 3 is 2.91 bits per heavy atom. The lowest BCUT2D eigenvalue weighted by atomic mass is 9.96. The average Bonchev–Trinajstić information content (AvgIpc) is 2.98. The van der Waals surface area contributed by atoms with E-state index in [1.165, 1.54) is 6.07 Å². The van der Waals surface area contributed by atoms with Crippen molar-refractivity contribution in [3.8, 4) is 0 Å². The standard InChI is InChI=1S/C17H19F2N3O/c1-11-9-20-17(21-11)13-3-2-6-22(10-13)16(23)8-12-4-5-14(18)15(19)7-12/h4-5,7,9,13H,2-3,6,8,10H2,1H3,(H,20,21)/t13-/m1/s1. The first-order chi connectivity index (χ1) is 11.0. The molecular formula is C17H19F2N3O. The minimum atomic E-state index is -0.919. The minimum Gasteiger partial charge on any atom is -0.346 e. The molecule has 1 aromatic carbocycles. The summed E-state index contributed by atoms with van der Waals surface area (Å²) in [7, 11) is 0. The van der Waals surface area contributed by atoms with Crippen molar-refractivity contribution in [1.29, 1.82) is 0 Å². The molecule has 0 aliphatic carbocycles. The van der Waals surface area contributed by atoms with Crippen LogP contribution in [0.5, 0.6) is 0 Å². The second-order valence-electron chi connectivity index (χ2n) is 6.06. The van der Waals surface area contributed by atoms with Gasteiger partial charge in [0.1, 0.15) is 5.82 Å². The van der Waals surface area contributed by atoms with E-state index in [2.05, 4.69) is 9.97 Å². The van der Waals surface area contributed by atoms with E-state index in [1.807, 2.05) is 6.92 Å². The number of aromatic amines is 1. The van der Waals surface area contributed by atoms with E-state index in [1.54, 1.807) is 11.1 Å². The summed E-state index contributed by atoms with van der Waals surface area (Å²) in [5.41, 5.74) is 1.50. The Kier molecular flexibility index (Phi) is 4.41. The second kappa shape index (κ2) is 6.48. The van der Waals surface area contributed by atoms with Gasteiger partial charge in [-0.1, -0.05) is 6.07 Å². The Morgan fingerprint density at radius 1 is 1.39 bits per heavy atom. The quantitative estimate of drug-likeness (QED) is 0.945. The maximum Gasteiger partial charge on any atom is 0.227 e. The van der Waals surface area contributed by atoms with Gasteiger partial charge in [0.05, 0.1) is 6.42 Å². The third kappa shape index (κ3) is 3.57. The molecule has 1 atom stereocenters. The number of carbonyl (C=O) groups excluding carboxylic acids is 1. The molecule has 0 radical (unpaired) electrons. The highest BCUT2D eigenvalue weighted by Gasteiger charge is 2.26. The number of amides is 1. The number of hydrogen-bond acceptors (Lipinski definition) is 2. The zero-order valence-electron chi connectivity index (χ0n) is 13.0. The fourth-order valence-electron chi connectivity index (χ4n) is 3.00. The molecule has 1 aliphatic rings. The van der Waals surface area contributed by atoms with E-state index in [0.29, 0.717) is 18.7 Å². The third-order valence-corrected chi connectivity index (χ3v) is 4.22. The molecule has 1 amide bonds. The maximum absolute atomic E-state index is 13.2. The van der Waals surface area contributed by atoms with E-state index < -0.39 is 11.6 Å². The Hall–Kier alpha value is -2.24. The van der Waals surface area contributed by atoms with Crippen molar-refractivity contribution in [2.45, 2.75) is 32.1 Å². The zero-order valence-corrected chi connectivity index (χ0v) is 13.0. The van der Waals surface area contributed by atoms with Gasteiger partial charge in [-0.2, -0.15) is 0 Å². The topological polar surface area (TPSA) is 49.0 Å². The number of nitrogens with one attached hydrogen (secondary N) is 1. The summed E-state index contributed by atoms with van der Waals surface area (Å²) in [5.74, 6) is -0.770. The first-order valence-electron chi connectivity index (χ1n) is 7.76. The molecule has 1 aliphatic heterocycles. The molecular weight excluding hydrogens is 300 g/mol. The van der Waals surface area contributed by atoms with Crippen LogP contribution in [0.15, 0.2) is 24.4 Å². The number of rotatable bonds is 3. The molecule has 1 N–H and O–H groups in total. The molecule has 2 heterocycles.